The Kier molecular flexibility index (Phi) is 3.17. The number of aromatic nitrogens is 1. The van der Waals surface area contributed by atoms with E-state index < -0.39 is 5.97 Å². The molecule has 3 heteroatoms. The van der Waals surface area contributed by atoms with Crippen LogP contribution in [0.1, 0.15) is 37.1 Å². The Labute approximate surface area is 113 Å². The van der Waals surface area contributed by atoms with Gasteiger partial charge in [0.05, 0.1) is 6.42 Å². The summed E-state index contributed by atoms with van der Waals surface area (Å²) in [4.78, 5) is 11.1. The molecule has 2 rings (SSSR count). The Hall–Kier alpha value is -1.77. The van der Waals surface area contributed by atoms with Gasteiger partial charge in [-0.05, 0) is 31.5 Å². The normalized spacial score (nSPS) is 12.1. The molecule has 0 fully saturated rings. The molecule has 0 aliphatic rings. The highest BCUT2D eigenvalue weighted by atomic mass is 16.4. The van der Waals surface area contributed by atoms with Crippen molar-refractivity contribution >= 4 is 16.9 Å². The molecule has 0 atom stereocenters. The summed E-state index contributed by atoms with van der Waals surface area (Å²) < 4.78 is 2.15. The molecular weight excluding hydrogens is 238 g/mol. The summed E-state index contributed by atoms with van der Waals surface area (Å²) in [5.41, 5.74) is 4.29. The number of aliphatic carboxylic acids is 1. The number of carboxylic acid groups (broad SMARTS) is 1. The van der Waals surface area contributed by atoms with Crippen molar-refractivity contribution in [3.63, 3.8) is 0 Å². The van der Waals surface area contributed by atoms with Gasteiger partial charge in [-0.1, -0.05) is 25.5 Å². The summed E-state index contributed by atoms with van der Waals surface area (Å²) in [5, 5.41) is 10.3. The molecule has 0 amide bonds. The molecule has 0 aliphatic carbocycles. The lowest BCUT2D eigenvalue weighted by atomic mass is 9.80. The molecule has 19 heavy (non-hydrogen) atoms. The van der Waals surface area contributed by atoms with Crippen molar-refractivity contribution < 1.29 is 9.90 Å². The minimum absolute atomic E-state index is 0.140. The summed E-state index contributed by atoms with van der Waals surface area (Å²) in [6.07, 6.45) is 0.140. The van der Waals surface area contributed by atoms with Crippen LogP contribution in [0.5, 0.6) is 0 Å². The number of aryl methyl sites for hydroxylation is 2. The number of fused-ring (bicyclic) bond motifs is 1. The van der Waals surface area contributed by atoms with Gasteiger partial charge in [0, 0.05) is 29.1 Å². The lowest BCUT2D eigenvalue weighted by Gasteiger charge is -2.24. The fraction of sp³-hybridized carbons (Fsp3) is 0.438. The Morgan fingerprint density at radius 2 is 1.95 bits per heavy atom. The van der Waals surface area contributed by atoms with Crippen LogP contribution in [0.15, 0.2) is 18.2 Å². The Bertz CT molecular complexity index is 650. The second-order valence-electron chi connectivity index (χ2n) is 5.99. The summed E-state index contributed by atoms with van der Waals surface area (Å²) in [6, 6.07) is 6.36. The maximum Gasteiger partial charge on any atom is 0.304 e. The van der Waals surface area contributed by atoms with Gasteiger partial charge in [-0.15, -0.1) is 0 Å². The number of hydrogen-bond donors (Lipinski definition) is 1. The third-order valence-electron chi connectivity index (χ3n) is 3.92. The van der Waals surface area contributed by atoms with Gasteiger partial charge in [0.25, 0.3) is 0 Å². The topological polar surface area (TPSA) is 42.2 Å². The maximum absolute atomic E-state index is 11.1. The first-order valence-electron chi connectivity index (χ1n) is 6.52. The quantitative estimate of drug-likeness (QED) is 0.916. The highest BCUT2D eigenvalue weighted by Gasteiger charge is 2.30. The van der Waals surface area contributed by atoms with Crippen LogP contribution in [0.2, 0.25) is 0 Å². The van der Waals surface area contributed by atoms with E-state index in [1.54, 1.807) is 0 Å². The molecular formula is C16H21NO2. The van der Waals surface area contributed by atoms with Gasteiger partial charge in [0.1, 0.15) is 0 Å². The monoisotopic (exact) mass is 259 g/mol. The highest BCUT2D eigenvalue weighted by molar-refractivity contribution is 5.88. The molecule has 1 N–H and O–H groups in total. The minimum Gasteiger partial charge on any atom is -0.481 e. The SMILES string of the molecule is Cc1ccc2c(c1)c(C(C)(C)CC(=O)O)c(C)n2C. The minimum atomic E-state index is -0.756. The molecule has 1 aromatic heterocycles. The fourth-order valence-corrected chi connectivity index (χ4v) is 3.01. The fourth-order valence-electron chi connectivity index (χ4n) is 3.01. The van der Waals surface area contributed by atoms with Gasteiger partial charge >= 0.3 is 5.97 Å². The summed E-state index contributed by atoms with van der Waals surface area (Å²) >= 11 is 0. The van der Waals surface area contributed by atoms with Crippen LogP contribution in [-0.2, 0) is 17.3 Å². The highest BCUT2D eigenvalue weighted by Crippen LogP contribution is 2.37. The van der Waals surface area contributed by atoms with E-state index in [1.165, 1.54) is 10.9 Å². The zero-order valence-electron chi connectivity index (χ0n) is 12.2. The van der Waals surface area contributed by atoms with Gasteiger partial charge in [-0.2, -0.15) is 0 Å². The van der Waals surface area contributed by atoms with Gasteiger partial charge in [0.15, 0.2) is 0 Å². The van der Waals surface area contributed by atoms with Crippen LogP contribution >= 0.6 is 0 Å². The van der Waals surface area contributed by atoms with Gasteiger partial charge in [-0.3, -0.25) is 4.79 Å². The Morgan fingerprint density at radius 1 is 1.32 bits per heavy atom. The second kappa shape index (κ2) is 4.41. The number of hydrogen-bond acceptors (Lipinski definition) is 1. The summed E-state index contributed by atoms with van der Waals surface area (Å²) in [7, 11) is 2.04. The van der Waals surface area contributed by atoms with E-state index >= 15 is 0 Å². The third-order valence-corrected chi connectivity index (χ3v) is 3.92. The van der Waals surface area contributed by atoms with E-state index in [2.05, 4.69) is 36.6 Å². The largest absolute Gasteiger partial charge is 0.481 e. The van der Waals surface area contributed by atoms with E-state index in [4.69, 9.17) is 5.11 Å². The lowest BCUT2D eigenvalue weighted by molar-refractivity contribution is -0.138. The average Bonchev–Trinajstić information content (AvgIpc) is 2.49. The number of nitrogens with zero attached hydrogens (tertiary/aromatic N) is 1. The molecule has 102 valence electrons. The van der Waals surface area contributed by atoms with Crippen molar-refractivity contribution in [3.8, 4) is 0 Å². The van der Waals surface area contributed by atoms with E-state index in [0.717, 1.165) is 16.8 Å². The zero-order valence-corrected chi connectivity index (χ0v) is 12.2. The van der Waals surface area contributed by atoms with Crippen molar-refractivity contribution in [1.82, 2.24) is 4.57 Å². The van der Waals surface area contributed by atoms with Crippen LogP contribution in [0, 0.1) is 13.8 Å². The van der Waals surface area contributed by atoms with E-state index in [-0.39, 0.29) is 11.8 Å². The molecule has 1 heterocycles. The van der Waals surface area contributed by atoms with Crippen LogP contribution in [0.25, 0.3) is 10.9 Å². The van der Waals surface area contributed by atoms with Crippen molar-refractivity contribution in [3.05, 3.63) is 35.0 Å². The van der Waals surface area contributed by atoms with Gasteiger partial charge < -0.3 is 9.67 Å². The number of carbonyl (C=O) groups is 1. The number of rotatable bonds is 3. The zero-order chi connectivity index (χ0) is 14.4. The standard InChI is InChI=1S/C16H21NO2/c1-10-6-7-13-12(8-10)15(11(2)17(13)5)16(3,4)9-14(18)19/h6-8H,9H2,1-5H3,(H,18,19). The van der Waals surface area contributed by atoms with E-state index in [9.17, 15) is 4.79 Å². The second-order valence-corrected chi connectivity index (χ2v) is 5.99. The molecule has 0 radical (unpaired) electrons. The first-order chi connectivity index (χ1) is 8.74. The van der Waals surface area contributed by atoms with Gasteiger partial charge in [-0.25, -0.2) is 0 Å². The predicted molar refractivity (Wildman–Crippen MR) is 77.7 cm³/mol. The van der Waals surface area contributed by atoms with E-state index in [0.29, 0.717) is 0 Å². The molecule has 0 saturated carbocycles. The number of carboxylic acids is 1. The smallest absolute Gasteiger partial charge is 0.304 e. The van der Waals surface area contributed by atoms with Crippen LogP contribution in [0.4, 0.5) is 0 Å². The first kappa shape index (κ1) is 13.7. The molecule has 0 unspecified atom stereocenters. The summed E-state index contributed by atoms with van der Waals surface area (Å²) in [5.74, 6) is -0.756. The Morgan fingerprint density at radius 3 is 2.53 bits per heavy atom. The van der Waals surface area contributed by atoms with Crippen LogP contribution < -0.4 is 0 Å². The van der Waals surface area contributed by atoms with Crippen LogP contribution in [0.3, 0.4) is 0 Å². The summed E-state index contributed by atoms with van der Waals surface area (Å²) in [6.45, 7) is 8.14. The maximum atomic E-state index is 11.1. The molecule has 0 bridgehead atoms. The molecule has 0 aliphatic heterocycles. The first-order valence-corrected chi connectivity index (χ1v) is 6.52. The van der Waals surface area contributed by atoms with Crippen LogP contribution in [-0.4, -0.2) is 15.6 Å². The molecule has 2 aromatic rings. The van der Waals surface area contributed by atoms with Crippen molar-refractivity contribution in [1.29, 1.82) is 0 Å². The lowest BCUT2D eigenvalue weighted by Crippen LogP contribution is -2.22. The third kappa shape index (κ3) is 2.25. The van der Waals surface area contributed by atoms with Crippen molar-refractivity contribution in [2.24, 2.45) is 7.05 Å². The molecule has 3 nitrogen and oxygen atoms in total. The van der Waals surface area contributed by atoms with Crippen molar-refractivity contribution in [2.45, 2.75) is 39.5 Å². The average molecular weight is 259 g/mol. The molecule has 0 spiro atoms. The Balaban J connectivity index is 2.75. The molecule has 0 saturated heterocycles. The predicted octanol–water partition coefficient (Wildman–Crippen LogP) is 3.55. The molecule has 1 aromatic carbocycles. The van der Waals surface area contributed by atoms with Gasteiger partial charge in [0.2, 0.25) is 0 Å². The van der Waals surface area contributed by atoms with E-state index in [1.807, 2.05) is 20.9 Å². The number of benzene rings is 1. The van der Waals surface area contributed by atoms with Crippen molar-refractivity contribution in [2.75, 3.05) is 0 Å².